The molecule has 0 saturated carbocycles. The standard InChI is InChI=1S/C10H8N.3C2H6.H2N.W.H2/c1-8-3-2-4-9-7-11-6-5-10(8)9;3*1-2;;;/h2-7H,1H2;3*1-2H3;1H2;;1H/q-1;;;;-1;+2;. The molecule has 0 atom stereocenters. The van der Waals surface area contributed by atoms with Gasteiger partial charge in [0.1, 0.15) is 0 Å². The fourth-order valence-corrected chi connectivity index (χ4v) is 1.19. The Kier molecular flexibility index (Phi) is 27.3. The van der Waals surface area contributed by atoms with Gasteiger partial charge in [-0.2, -0.15) is 18.6 Å². The van der Waals surface area contributed by atoms with Gasteiger partial charge in [0.25, 0.3) is 0 Å². The van der Waals surface area contributed by atoms with Gasteiger partial charge in [-0.05, 0) is 0 Å². The molecule has 0 amide bonds. The summed E-state index contributed by atoms with van der Waals surface area (Å²) >= 11 is 0. The van der Waals surface area contributed by atoms with E-state index in [2.05, 4.69) is 11.9 Å². The second kappa shape index (κ2) is 19.5. The van der Waals surface area contributed by atoms with Crippen molar-refractivity contribution in [2.75, 3.05) is 0 Å². The molecule has 0 unspecified atom stereocenters. The molecule has 3 heteroatoms. The quantitative estimate of drug-likeness (QED) is 0.439. The first-order valence-electron chi connectivity index (χ1n) is 6.52. The van der Waals surface area contributed by atoms with Gasteiger partial charge in [0.15, 0.2) is 0 Å². The van der Waals surface area contributed by atoms with E-state index in [0.717, 1.165) is 10.9 Å². The van der Waals surface area contributed by atoms with Crippen LogP contribution in [0, 0.1) is 6.92 Å². The van der Waals surface area contributed by atoms with Crippen molar-refractivity contribution >= 4 is 10.8 Å². The van der Waals surface area contributed by atoms with Gasteiger partial charge < -0.3 is 6.15 Å². The first-order chi connectivity index (χ1) is 8.38. The molecule has 1 aromatic heterocycles. The maximum atomic E-state index is 4.03. The van der Waals surface area contributed by atoms with E-state index in [9.17, 15) is 0 Å². The van der Waals surface area contributed by atoms with Crippen molar-refractivity contribution in [3.63, 3.8) is 0 Å². The average Bonchev–Trinajstić information content (AvgIpc) is 2.46. The molecule has 110 valence electrons. The SMILES string of the molecule is CC.CC.CC.[CH2-]c1cccc2cnccc12.[HH].[NH2-].[W+2]. The van der Waals surface area contributed by atoms with Crippen LogP contribution in [0.4, 0.5) is 0 Å². The molecular weight excluding hydrogens is 404 g/mol. The van der Waals surface area contributed by atoms with Gasteiger partial charge in [-0.3, -0.25) is 4.98 Å². The van der Waals surface area contributed by atoms with E-state index in [-0.39, 0.29) is 28.6 Å². The fraction of sp³-hybridized carbons (Fsp3) is 0.375. The Labute approximate surface area is 135 Å². The van der Waals surface area contributed by atoms with Crippen LogP contribution in [0.5, 0.6) is 0 Å². The molecule has 0 aliphatic carbocycles. The van der Waals surface area contributed by atoms with Gasteiger partial charge in [0.05, 0.1) is 0 Å². The van der Waals surface area contributed by atoms with Crippen LogP contribution in [0.1, 0.15) is 48.5 Å². The van der Waals surface area contributed by atoms with E-state index in [1.165, 1.54) is 5.39 Å². The maximum absolute atomic E-state index is 4.03. The summed E-state index contributed by atoms with van der Waals surface area (Å²) in [6.07, 6.45) is 3.64. The number of pyridine rings is 1. The second-order valence-electron chi connectivity index (χ2n) is 2.51. The topological polar surface area (TPSA) is 46.4 Å². The molecule has 2 N–H and O–H groups in total. The fourth-order valence-electron chi connectivity index (χ4n) is 1.19. The van der Waals surface area contributed by atoms with Crippen LogP contribution in [0.15, 0.2) is 36.7 Å². The third kappa shape index (κ3) is 9.69. The van der Waals surface area contributed by atoms with E-state index in [1.54, 1.807) is 6.20 Å². The zero-order chi connectivity index (χ0) is 13.7. The van der Waals surface area contributed by atoms with Crippen LogP contribution in [0.25, 0.3) is 16.9 Å². The van der Waals surface area contributed by atoms with Crippen molar-refractivity contribution in [3.05, 3.63) is 55.3 Å². The molecular formula is C16H30N2W. The normalized spacial score (nSPS) is 6.84. The predicted octanol–water partition coefficient (Wildman–Crippen LogP) is 6.46. The first kappa shape index (κ1) is 26.7. The van der Waals surface area contributed by atoms with Crippen LogP contribution in [0.2, 0.25) is 0 Å². The number of rotatable bonds is 0. The predicted molar refractivity (Wildman–Crippen MR) is 87.6 cm³/mol. The first-order valence-corrected chi connectivity index (χ1v) is 6.52. The van der Waals surface area contributed by atoms with E-state index in [0.29, 0.717) is 0 Å². The van der Waals surface area contributed by atoms with Crippen molar-refractivity contribution < 1.29 is 22.5 Å². The van der Waals surface area contributed by atoms with Gasteiger partial charge in [-0.25, -0.2) is 0 Å². The largest absolute Gasteiger partial charge is 2.00 e. The summed E-state index contributed by atoms with van der Waals surface area (Å²) < 4.78 is 0. The Morgan fingerprint density at radius 3 is 1.95 bits per heavy atom. The summed E-state index contributed by atoms with van der Waals surface area (Å²) in [4.78, 5) is 4.03. The van der Waals surface area contributed by atoms with Crippen molar-refractivity contribution in [1.82, 2.24) is 4.98 Å². The molecule has 1 aromatic carbocycles. The minimum absolute atomic E-state index is 0. The molecule has 0 radical (unpaired) electrons. The summed E-state index contributed by atoms with van der Waals surface area (Å²) in [6, 6.07) is 8.02. The molecule has 2 aromatic rings. The van der Waals surface area contributed by atoms with Crippen molar-refractivity contribution in [1.29, 1.82) is 0 Å². The van der Waals surface area contributed by atoms with Gasteiger partial charge >= 0.3 is 21.1 Å². The Morgan fingerprint density at radius 2 is 1.47 bits per heavy atom. The molecule has 0 aliphatic heterocycles. The molecule has 1 heterocycles. The summed E-state index contributed by atoms with van der Waals surface area (Å²) in [5, 5.41) is 2.34. The molecule has 0 saturated heterocycles. The van der Waals surface area contributed by atoms with Crippen LogP contribution in [-0.2, 0) is 21.1 Å². The number of hydrogen-bond donors (Lipinski definition) is 0. The molecule has 2 rings (SSSR count). The summed E-state index contributed by atoms with van der Waals surface area (Å²) in [5.41, 5.74) is 1.06. The van der Waals surface area contributed by atoms with Gasteiger partial charge in [0.2, 0.25) is 0 Å². The second-order valence-corrected chi connectivity index (χ2v) is 2.51. The van der Waals surface area contributed by atoms with Gasteiger partial charge in [0, 0.05) is 13.8 Å². The Hall–Kier alpha value is -0.852. The molecule has 0 spiro atoms. The molecule has 0 fully saturated rings. The van der Waals surface area contributed by atoms with Crippen LogP contribution < -0.4 is 0 Å². The van der Waals surface area contributed by atoms with Crippen LogP contribution in [-0.4, -0.2) is 4.98 Å². The number of aromatic nitrogens is 1. The van der Waals surface area contributed by atoms with E-state index in [1.807, 2.05) is 72.0 Å². The molecule has 0 aliphatic rings. The van der Waals surface area contributed by atoms with E-state index >= 15 is 0 Å². The Bertz CT molecular complexity index is 390. The smallest absolute Gasteiger partial charge is 0.693 e. The minimum Gasteiger partial charge on any atom is -0.693 e. The monoisotopic (exact) mass is 434 g/mol. The van der Waals surface area contributed by atoms with E-state index in [4.69, 9.17) is 0 Å². The Morgan fingerprint density at radius 1 is 0.947 bits per heavy atom. The molecule has 19 heavy (non-hydrogen) atoms. The number of hydrogen-bond acceptors (Lipinski definition) is 1. The Balaban J connectivity index is -0.0000000750. The van der Waals surface area contributed by atoms with Crippen molar-refractivity contribution in [3.8, 4) is 0 Å². The average molecular weight is 434 g/mol. The van der Waals surface area contributed by atoms with Crippen LogP contribution in [0.3, 0.4) is 0 Å². The zero-order valence-electron chi connectivity index (χ0n) is 13.1. The van der Waals surface area contributed by atoms with Crippen molar-refractivity contribution in [2.45, 2.75) is 41.5 Å². The zero-order valence-corrected chi connectivity index (χ0v) is 16.0. The minimum atomic E-state index is 0. The van der Waals surface area contributed by atoms with E-state index < -0.39 is 0 Å². The number of nitrogens with two attached hydrogens (primary N) is 1. The van der Waals surface area contributed by atoms with Crippen LogP contribution >= 0.6 is 0 Å². The molecule has 0 bridgehead atoms. The van der Waals surface area contributed by atoms with Gasteiger partial charge in [-0.1, -0.05) is 59.1 Å². The number of nitrogens with zero attached hydrogens (tertiary/aromatic N) is 1. The van der Waals surface area contributed by atoms with Gasteiger partial charge in [-0.15, -0.1) is 11.5 Å². The van der Waals surface area contributed by atoms with Crippen molar-refractivity contribution in [2.24, 2.45) is 0 Å². The third-order valence-electron chi connectivity index (χ3n) is 1.77. The molecule has 2 nitrogen and oxygen atoms in total. The summed E-state index contributed by atoms with van der Waals surface area (Å²) in [6.45, 7) is 15.9. The third-order valence-corrected chi connectivity index (χ3v) is 1.77. The number of fused-ring (bicyclic) bond motifs is 1. The maximum Gasteiger partial charge on any atom is 2.00 e. The number of benzene rings is 1. The summed E-state index contributed by atoms with van der Waals surface area (Å²) in [7, 11) is 0. The summed E-state index contributed by atoms with van der Waals surface area (Å²) in [5.74, 6) is 0.